The lowest BCUT2D eigenvalue weighted by Gasteiger charge is -2.25. The lowest BCUT2D eigenvalue weighted by molar-refractivity contribution is 0.258. The summed E-state index contributed by atoms with van der Waals surface area (Å²) in [7, 11) is 5.72. The van der Waals surface area contributed by atoms with Crippen LogP contribution >= 0.6 is 24.0 Å². The van der Waals surface area contributed by atoms with Crippen LogP contribution in [0.15, 0.2) is 46.0 Å². The first-order valence-corrected chi connectivity index (χ1v) is 9.35. The van der Waals surface area contributed by atoms with Gasteiger partial charge in [0.1, 0.15) is 17.4 Å². The minimum absolute atomic E-state index is 0. The minimum atomic E-state index is -0.563. The Morgan fingerprint density at radius 1 is 1.34 bits per heavy atom. The van der Waals surface area contributed by atoms with E-state index in [9.17, 15) is 8.78 Å². The van der Waals surface area contributed by atoms with Crippen LogP contribution in [0.1, 0.15) is 18.2 Å². The highest BCUT2D eigenvalue weighted by molar-refractivity contribution is 14.0. The van der Waals surface area contributed by atoms with Crippen molar-refractivity contribution in [1.29, 1.82) is 0 Å². The van der Waals surface area contributed by atoms with Gasteiger partial charge in [0.2, 0.25) is 0 Å². The standard InChI is InChI=1S/C20H27F2N5O.HI/c1-23-20(24-12-18(26(2)3)19-5-4-10-28-19)25-15-8-9-27(13-15)17-7-6-14(21)11-16(17)22;/h4-7,10-11,15,18H,8-9,12-13H2,1-3H3,(H2,23,24,25);1H. The molecule has 0 radical (unpaired) electrons. The number of hydrogen-bond donors (Lipinski definition) is 2. The largest absolute Gasteiger partial charge is 0.468 e. The number of furan rings is 1. The van der Waals surface area contributed by atoms with Gasteiger partial charge in [-0.15, -0.1) is 24.0 Å². The Morgan fingerprint density at radius 2 is 2.14 bits per heavy atom. The highest BCUT2D eigenvalue weighted by atomic mass is 127. The number of hydrogen-bond acceptors (Lipinski definition) is 4. The summed E-state index contributed by atoms with van der Waals surface area (Å²) in [5, 5.41) is 6.72. The van der Waals surface area contributed by atoms with Crippen molar-refractivity contribution in [3.05, 3.63) is 54.0 Å². The second kappa shape index (κ2) is 10.8. The fraction of sp³-hybridized carbons (Fsp3) is 0.450. The number of nitrogens with zero attached hydrogens (tertiary/aromatic N) is 3. The summed E-state index contributed by atoms with van der Waals surface area (Å²) in [6.45, 7) is 1.95. The molecule has 2 aromatic rings. The topological polar surface area (TPSA) is 56.0 Å². The monoisotopic (exact) mass is 519 g/mol. The third-order valence-electron chi connectivity index (χ3n) is 4.96. The van der Waals surface area contributed by atoms with Crippen LogP contribution in [0.5, 0.6) is 0 Å². The molecule has 2 unspecified atom stereocenters. The van der Waals surface area contributed by atoms with Crippen LogP contribution in [0, 0.1) is 11.6 Å². The zero-order chi connectivity index (χ0) is 20.1. The van der Waals surface area contributed by atoms with Crippen LogP contribution in [0.2, 0.25) is 0 Å². The van der Waals surface area contributed by atoms with Crippen LogP contribution in [0.3, 0.4) is 0 Å². The van der Waals surface area contributed by atoms with Crippen molar-refractivity contribution in [3.63, 3.8) is 0 Å². The van der Waals surface area contributed by atoms with E-state index in [-0.39, 0.29) is 36.1 Å². The Balaban J connectivity index is 0.00000300. The van der Waals surface area contributed by atoms with Gasteiger partial charge < -0.3 is 20.0 Å². The maximum absolute atomic E-state index is 14.0. The molecule has 0 bridgehead atoms. The zero-order valence-electron chi connectivity index (χ0n) is 16.9. The van der Waals surface area contributed by atoms with Gasteiger partial charge in [-0.2, -0.15) is 0 Å². The molecule has 2 N–H and O–H groups in total. The molecule has 1 saturated heterocycles. The third-order valence-corrected chi connectivity index (χ3v) is 4.96. The maximum atomic E-state index is 14.0. The molecule has 0 amide bonds. The van der Waals surface area contributed by atoms with Crippen molar-refractivity contribution < 1.29 is 13.2 Å². The smallest absolute Gasteiger partial charge is 0.191 e. The molecule has 1 fully saturated rings. The van der Waals surface area contributed by atoms with Gasteiger partial charge in [0.15, 0.2) is 5.96 Å². The molecule has 2 heterocycles. The van der Waals surface area contributed by atoms with Gasteiger partial charge in [0.05, 0.1) is 18.0 Å². The van der Waals surface area contributed by atoms with Crippen molar-refractivity contribution in [3.8, 4) is 0 Å². The molecule has 1 aromatic heterocycles. The Labute approximate surface area is 187 Å². The summed E-state index contributed by atoms with van der Waals surface area (Å²) in [5.74, 6) is 0.471. The van der Waals surface area contributed by atoms with Gasteiger partial charge in [-0.1, -0.05) is 0 Å². The average Bonchev–Trinajstić information content (AvgIpc) is 3.33. The predicted molar refractivity (Wildman–Crippen MR) is 122 cm³/mol. The number of halogens is 3. The first-order valence-electron chi connectivity index (χ1n) is 9.35. The van der Waals surface area contributed by atoms with E-state index in [4.69, 9.17) is 4.42 Å². The fourth-order valence-corrected chi connectivity index (χ4v) is 3.43. The molecule has 1 aromatic carbocycles. The second-order valence-electron chi connectivity index (χ2n) is 7.12. The number of guanidine groups is 1. The van der Waals surface area contributed by atoms with Crippen LogP contribution < -0.4 is 15.5 Å². The van der Waals surface area contributed by atoms with Gasteiger partial charge in [-0.3, -0.25) is 9.89 Å². The maximum Gasteiger partial charge on any atom is 0.191 e. The van der Waals surface area contributed by atoms with E-state index in [1.807, 2.05) is 31.1 Å². The van der Waals surface area contributed by atoms with Crippen LogP contribution in [0.25, 0.3) is 0 Å². The van der Waals surface area contributed by atoms with E-state index in [0.717, 1.165) is 18.2 Å². The molecule has 0 spiro atoms. The van der Waals surface area contributed by atoms with E-state index in [1.165, 1.54) is 12.1 Å². The molecule has 6 nitrogen and oxygen atoms in total. The third kappa shape index (κ3) is 6.05. The number of anilines is 1. The SMILES string of the molecule is CN=C(NCC(c1ccco1)N(C)C)NC1CCN(c2ccc(F)cc2F)C1.I. The first-order chi connectivity index (χ1) is 13.5. The molecule has 1 aliphatic rings. The zero-order valence-corrected chi connectivity index (χ0v) is 19.2. The van der Waals surface area contributed by atoms with Crippen LogP contribution in [-0.2, 0) is 0 Å². The van der Waals surface area contributed by atoms with E-state index in [2.05, 4.69) is 20.5 Å². The van der Waals surface area contributed by atoms with Gasteiger partial charge in [-0.25, -0.2) is 8.78 Å². The lowest BCUT2D eigenvalue weighted by Crippen LogP contribution is -2.46. The van der Waals surface area contributed by atoms with E-state index < -0.39 is 11.6 Å². The predicted octanol–water partition coefficient (Wildman–Crippen LogP) is 3.22. The highest BCUT2D eigenvalue weighted by Crippen LogP contribution is 2.24. The summed E-state index contributed by atoms with van der Waals surface area (Å²) >= 11 is 0. The summed E-state index contributed by atoms with van der Waals surface area (Å²) in [4.78, 5) is 8.29. The molecule has 3 rings (SSSR count). The van der Waals surface area contributed by atoms with Gasteiger partial charge in [0.25, 0.3) is 0 Å². The number of rotatable bonds is 6. The molecule has 29 heavy (non-hydrogen) atoms. The highest BCUT2D eigenvalue weighted by Gasteiger charge is 2.26. The molecular weight excluding hydrogens is 491 g/mol. The fourth-order valence-electron chi connectivity index (χ4n) is 3.43. The minimum Gasteiger partial charge on any atom is -0.468 e. The van der Waals surface area contributed by atoms with E-state index >= 15 is 0 Å². The summed E-state index contributed by atoms with van der Waals surface area (Å²) < 4.78 is 32.7. The molecular formula is C20H28F2IN5O. The van der Waals surface area contributed by atoms with Crippen molar-refractivity contribution in [2.24, 2.45) is 4.99 Å². The van der Waals surface area contributed by atoms with Crippen molar-refractivity contribution in [2.45, 2.75) is 18.5 Å². The van der Waals surface area contributed by atoms with Crippen molar-refractivity contribution in [2.75, 3.05) is 45.7 Å². The number of likely N-dealkylation sites (N-methyl/N-ethyl adjacent to an activating group) is 1. The first kappa shape index (κ1) is 23.4. The van der Waals surface area contributed by atoms with Crippen molar-refractivity contribution in [1.82, 2.24) is 15.5 Å². The molecule has 0 aliphatic carbocycles. The molecule has 9 heteroatoms. The van der Waals surface area contributed by atoms with Crippen molar-refractivity contribution >= 4 is 35.6 Å². The van der Waals surface area contributed by atoms with Gasteiger partial charge in [0, 0.05) is 38.8 Å². The van der Waals surface area contributed by atoms with E-state index in [0.29, 0.717) is 31.3 Å². The Bertz CT molecular complexity index is 800. The quantitative estimate of drug-likeness (QED) is 0.349. The van der Waals surface area contributed by atoms with Gasteiger partial charge >= 0.3 is 0 Å². The van der Waals surface area contributed by atoms with E-state index in [1.54, 1.807) is 13.3 Å². The molecule has 160 valence electrons. The Kier molecular flexibility index (Phi) is 8.69. The van der Waals surface area contributed by atoms with Crippen LogP contribution in [0.4, 0.5) is 14.5 Å². The normalized spacial score (nSPS) is 17.9. The molecule has 1 aliphatic heterocycles. The van der Waals surface area contributed by atoms with Crippen LogP contribution in [-0.4, -0.2) is 57.7 Å². The molecule has 2 atom stereocenters. The summed E-state index contributed by atoms with van der Waals surface area (Å²) in [5.41, 5.74) is 0.430. The Morgan fingerprint density at radius 3 is 2.76 bits per heavy atom. The second-order valence-corrected chi connectivity index (χ2v) is 7.12. The lowest BCUT2D eigenvalue weighted by atomic mass is 10.2. The molecule has 0 saturated carbocycles. The average molecular weight is 519 g/mol. The number of benzene rings is 1. The Hall–Kier alpha value is -1.88. The summed E-state index contributed by atoms with van der Waals surface area (Å²) in [6, 6.07) is 7.72. The summed E-state index contributed by atoms with van der Waals surface area (Å²) in [6.07, 6.45) is 2.51. The number of aliphatic imine (C=N–C) groups is 1. The van der Waals surface area contributed by atoms with Gasteiger partial charge in [-0.05, 0) is 44.8 Å². The number of nitrogens with one attached hydrogen (secondary N) is 2.